The lowest BCUT2D eigenvalue weighted by atomic mass is 9.79. The topological polar surface area (TPSA) is 9.23 Å². The summed E-state index contributed by atoms with van der Waals surface area (Å²) in [6, 6.07) is 4.85. The molecule has 2 rings (SSSR count). The molecule has 136 valence electrons. The van der Waals surface area contributed by atoms with Gasteiger partial charge in [-0.25, -0.2) is 4.39 Å². The van der Waals surface area contributed by atoms with Crippen molar-refractivity contribution in [3.63, 3.8) is 0 Å². The Morgan fingerprint density at radius 3 is 2.64 bits per heavy atom. The van der Waals surface area contributed by atoms with E-state index in [1.54, 1.807) is 12.1 Å². The second-order valence-electron chi connectivity index (χ2n) is 6.98. The monoisotopic (exact) mass is 342 g/mol. The third-order valence-electron chi connectivity index (χ3n) is 5.02. The van der Waals surface area contributed by atoms with Crippen molar-refractivity contribution in [1.82, 2.24) is 0 Å². The maximum atomic E-state index is 13.9. The fourth-order valence-corrected chi connectivity index (χ4v) is 3.51. The summed E-state index contributed by atoms with van der Waals surface area (Å²) in [6.07, 6.45) is 14.8. The smallest absolute Gasteiger partial charge is 0.142 e. The van der Waals surface area contributed by atoms with Crippen LogP contribution in [0.2, 0.25) is 0 Å². The summed E-state index contributed by atoms with van der Waals surface area (Å²) in [5, 5.41) is 0. The molecule has 1 aliphatic rings. The number of hydrogen-bond donors (Lipinski definition) is 0. The molecule has 0 atom stereocenters. The van der Waals surface area contributed by atoms with Crippen LogP contribution in [0.4, 0.5) is 4.39 Å². The average molecular weight is 342 g/mol. The van der Waals surface area contributed by atoms with Gasteiger partial charge in [-0.15, -0.1) is 0 Å². The van der Waals surface area contributed by atoms with Gasteiger partial charge in [-0.05, 0) is 62.7 Å². The summed E-state index contributed by atoms with van der Waals surface area (Å²) in [5.41, 5.74) is 0.424. The zero-order valence-electron chi connectivity index (χ0n) is 15.7. The van der Waals surface area contributed by atoms with Crippen molar-refractivity contribution in [2.45, 2.75) is 65.2 Å². The van der Waals surface area contributed by atoms with Gasteiger partial charge >= 0.3 is 0 Å². The molecule has 1 nitrogen and oxygen atoms in total. The Morgan fingerprint density at radius 1 is 1.16 bits per heavy atom. The molecule has 2 heteroatoms. The second-order valence-corrected chi connectivity index (χ2v) is 6.98. The number of unbranched alkanes of at least 4 members (excludes halogenated alkanes) is 2. The van der Waals surface area contributed by atoms with Crippen LogP contribution in [0.5, 0.6) is 5.75 Å². The lowest BCUT2D eigenvalue weighted by Crippen LogP contribution is -2.12. The molecule has 0 aliphatic heterocycles. The van der Waals surface area contributed by atoms with Gasteiger partial charge in [0.2, 0.25) is 0 Å². The lowest BCUT2D eigenvalue weighted by Gasteiger charge is -2.26. The highest BCUT2D eigenvalue weighted by molar-refractivity contribution is 5.41. The van der Waals surface area contributed by atoms with Crippen molar-refractivity contribution in [3.8, 4) is 17.6 Å². The minimum absolute atomic E-state index is 0.320. The molecule has 0 unspecified atom stereocenters. The van der Waals surface area contributed by atoms with Crippen LogP contribution in [0, 0.1) is 29.5 Å². The third kappa shape index (κ3) is 6.94. The molecule has 1 aliphatic carbocycles. The van der Waals surface area contributed by atoms with E-state index in [0.29, 0.717) is 23.8 Å². The van der Waals surface area contributed by atoms with Gasteiger partial charge in [-0.3, -0.25) is 0 Å². The molecular weight excluding hydrogens is 311 g/mol. The highest BCUT2D eigenvalue weighted by atomic mass is 19.1. The van der Waals surface area contributed by atoms with E-state index in [2.05, 4.69) is 24.8 Å². The normalized spacial score (nSPS) is 20.3. The number of halogens is 1. The lowest BCUT2D eigenvalue weighted by molar-refractivity contribution is 0.289. The van der Waals surface area contributed by atoms with Crippen molar-refractivity contribution >= 4 is 0 Å². The van der Waals surface area contributed by atoms with E-state index in [1.165, 1.54) is 57.4 Å². The first kappa shape index (κ1) is 19.6. The third-order valence-corrected chi connectivity index (χ3v) is 5.02. The van der Waals surface area contributed by atoms with Crippen LogP contribution in [0.3, 0.4) is 0 Å². The minimum Gasteiger partial charge on any atom is -0.494 e. The molecule has 1 saturated carbocycles. The molecule has 0 N–H and O–H groups in total. The van der Waals surface area contributed by atoms with Crippen LogP contribution < -0.4 is 4.74 Å². The quantitative estimate of drug-likeness (QED) is 0.405. The predicted octanol–water partition coefficient (Wildman–Crippen LogP) is 6.52. The minimum atomic E-state index is -0.320. The molecule has 25 heavy (non-hydrogen) atoms. The van der Waals surface area contributed by atoms with Gasteiger partial charge < -0.3 is 4.74 Å². The molecular formula is C23H31FO. The van der Waals surface area contributed by atoms with Gasteiger partial charge in [-0.1, -0.05) is 50.5 Å². The Balaban J connectivity index is 1.78. The summed E-state index contributed by atoms with van der Waals surface area (Å²) in [4.78, 5) is 0. The second kappa shape index (κ2) is 11.0. The van der Waals surface area contributed by atoms with Gasteiger partial charge in [0.25, 0.3) is 0 Å². The van der Waals surface area contributed by atoms with Gasteiger partial charge in [0, 0.05) is 6.07 Å². The Morgan fingerprint density at radius 2 is 1.96 bits per heavy atom. The highest BCUT2D eigenvalue weighted by Gasteiger charge is 2.18. The van der Waals surface area contributed by atoms with Crippen molar-refractivity contribution in [2.75, 3.05) is 6.61 Å². The molecule has 1 fully saturated rings. The van der Waals surface area contributed by atoms with Crippen LogP contribution in [0.15, 0.2) is 30.4 Å². The Labute approximate surface area is 152 Å². The summed E-state index contributed by atoms with van der Waals surface area (Å²) >= 11 is 0. The van der Waals surface area contributed by atoms with E-state index < -0.39 is 0 Å². The molecule has 0 spiro atoms. The molecule has 0 radical (unpaired) electrons. The van der Waals surface area contributed by atoms with E-state index in [9.17, 15) is 4.39 Å². The fraction of sp³-hybridized carbons (Fsp3) is 0.565. The van der Waals surface area contributed by atoms with E-state index in [1.807, 2.05) is 13.0 Å². The largest absolute Gasteiger partial charge is 0.494 e. The Kier molecular flexibility index (Phi) is 8.60. The standard InChI is InChI=1S/C23H31FO/c1-3-5-6-9-19-12-14-20(15-13-19)10-7-8-11-21-16-17-22(25-4-2)18-23(21)24/h7,10,16-20H,3-6,9,12-15H2,1-2H3/b10-7+. The van der Waals surface area contributed by atoms with Crippen molar-refractivity contribution < 1.29 is 9.13 Å². The van der Waals surface area contributed by atoms with Crippen molar-refractivity contribution in [3.05, 3.63) is 41.7 Å². The van der Waals surface area contributed by atoms with Gasteiger partial charge in [-0.2, -0.15) is 0 Å². The first-order valence-corrected chi connectivity index (χ1v) is 9.83. The zero-order valence-corrected chi connectivity index (χ0v) is 15.7. The summed E-state index contributed by atoms with van der Waals surface area (Å²) in [7, 11) is 0. The molecule has 0 aromatic heterocycles. The zero-order chi connectivity index (χ0) is 17.9. The van der Waals surface area contributed by atoms with Crippen LogP contribution in [0.25, 0.3) is 0 Å². The van der Waals surface area contributed by atoms with Crippen molar-refractivity contribution in [2.24, 2.45) is 11.8 Å². The van der Waals surface area contributed by atoms with Gasteiger partial charge in [0.05, 0.1) is 12.2 Å². The van der Waals surface area contributed by atoms with Crippen LogP contribution >= 0.6 is 0 Å². The number of allylic oxidation sites excluding steroid dienone is 2. The SMILES string of the molecule is CCCCCC1CCC(/C=C/C#Cc2ccc(OCC)cc2F)CC1. The maximum absolute atomic E-state index is 13.9. The molecule has 0 amide bonds. The fourth-order valence-electron chi connectivity index (χ4n) is 3.51. The summed E-state index contributed by atoms with van der Waals surface area (Å²) < 4.78 is 19.2. The molecule has 0 heterocycles. The number of ether oxygens (including phenoxy) is 1. The first-order chi connectivity index (χ1) is 12.2. The number of benzene rings is 1. The molecule has 0 saturated heterocycles. The molecule has 0 bridgehead atoms. The van der Waals surface area contributed by atoms with E-state index in [-0.39, 0.29) is 5.82 Å². The van der Waals surface area contributed by atoms with E-state index in [4.69, 9.17) is 4.74 Å². The van der Waals surface area contributed by atoms with E-state index >= 15 is 0 Å². The maximum Gasteiger partial charge on any atom is 0.142 e. The Bertz CT molecular complexity index is 600. The number of rotatable bonds is 7. The number of hydrogen-bond acceptors (Lipinski definition) is 1. The average Bonchev–Trinajstić information content (AvgIpc) is 2.62. The van der Waals surface area contributed by atoms with Crippen LogP contribution in [-0.4, -0.2) is 6.61 Å². The first-order valence-electron chi connectivity index (χ1n) is 9.83. The van der Waals surface area contributed by atoms with Crippen molar-refractivity contribution in [1.29, 1.82) is 0 Å². The summed E-state index contributed by atoms with van der Waals surface area (Å²) in [6.45, 7) is 4.69. The van der Waals surface area contributed by atoms with E-state index in [0.717, 1.165) is 5.92 Å². The van der Waals surface area contributed by atoms with Gasteiger partial charge in [0.15, 0.2) is 0 Å². The molecule has 1 aromatic carbocycles. The highest BCUT2D eigenvalue weighted by Crippen LogP contribution is 2.32. The van der Waals surface area contributed by atoms with Gasteiger partial charge in [0.1, 0.15) is 11.6 Å². The Hall–Kier alpha value is -1.75. The molecule has 1 aromatic rings. The predicted molar refractivity (Wildman–Crippen MR) is 103 cm³/mol. The van der Waals surface area contributed by atoms with Crippen LogP contribution in [0.1, 0.15) is 70.8 Å². The van der Waals surface area contributed by atoms with Crippen LogP contribution in [-0.2, 0) is 0 Å². The summed E-state index contributed by atoms with van der Waals surface area (Å²) in [5.74, 6) is 7.68.